The highest BCUT2D eigenvalue weighted by Gasteiger charge is 2.21. The topological polar surface area (TPSA) is 76.9 Å². The number of hydrogen-bond acceptors (Lipinski definition) is 5. The summed E-state index contributed by atoms with van der Waals surface area (Å²) in [6.45, 7) is 6.35. The van der Waals surface area contributed by atoms with Crippen molar-refractivity contribution in [3.8, 4) is 0 Å². The van der Waals surface area contributed by atoms with Crippen molar-refractivity contribution in [3.05, 3.63) is 56.5 Å². The fourth-order valence-electron chi connectivity index (χ4n) is 2.71. The second-order valence-corrected chi connectivity index (χ2v) is 9.54. The fourth-order valence-corrected chi connectivity index (χ4v) is 4.16. The second kappa shape index (κ2) is 9.28. The molecule has 0 fully saturated rings. The van der Waals surface area contributed by atoms with E-state index >= 15 is 0 Å². The summed E-state index contributed by atoms with van der Waals surface area (Å²) in [6.07, 6.45) is 1.55. The molecule has 1 atom stereocenters. The first-order valence-electron chi connectivity index (χ1n) is 9.04. The van der Waals surface area contributed by atoms with Crippen LogP contribution in [0.5, 0.6) is 0 Å². The number of anilines is 1. The maximum Gasteiger partial charge on any atom is 0.262 e. The van der Waals surface area contributed by atoms with Crippen molar-refractivity contribution in [1.29, 1.82) is 0 Å². The third-order valence-electron chi connectivity index (χ3n) is 4.10. The molecule has 0 bridgehead atoms. The van der Waals surface area contributed by atoms with Crippen molar-refractivity contribution >= 4 is 61.8 Å². The smallest absolute Gasteiger partial charge is 0.262 e. The molecule has 1 N–H and O–H groups in total. The van der Waals surface area contributed by atoms with E-state index in [1.165, 1.54) is 11.8 Å². The van der Waals surface area contributed by atoms with Gasteiger partial charge in [0.05, 0.1) is 21.8 Å². The average molecular weight is 496 g/mol. The number of aromatic nitrogens is 3. The lowest BCUT2D eigenvalue weighted by Crippen LogP contribution is -2.28. The summed E-state index contributed by atoms with van der Waals surface area (Å²) in [5.41, 5.74) is 0.932. The van der Waals surface area contributed by atoms with E-state index in [1.807, 2.05) is 19.9 Å². The zero-order valence-electron chi connectivity index (χ0n) is 16.1. The Kier molecular flexibility index (Phi) is 6.97. The van der Waals surface area contributed by atoms with Crippen molar-refractivity contribution in [2.45, 2.75) is 37.7 Å². The van der Waals surface area contributed by atoms with Gasteiger partial charge in [-0.15, -0.1) is 0 Å². The highest BCUT2D eigenvalue weighted by Crippen LogP contribution is 2.26. The Morgan fingerprint density at radius 3 is 2.76 bits per heavy atom. The fraction of sp³-hybridized carbons (Fsp3) is 0.300. The number of thioether (sulfide) groups is 1. The number of hydrogen-bond donors (Lipinski definition) is 1. The number of nitrogens with zero attached hydrogens (tertiary/aromatic N) is 3. The molecule has 0 aliphatic heterocycles. The van der Waals surface area contributed by atoms with Crippen molar-refractivity contribution in [3.63, 3.8) is 0 Å². The number of benzene rings is 1. The van der Waals surface area contributed by atoms with E-state index in [0.717, 1.165) is 4.47 Å². The van der Waals surface area contributed by atoms with Crippen LogP contribution < -0.4 is 10.9 Å². The van der Waals surface area contributed by atoms with Gasteiger partial charge in [-0.3, -0.25) is 14.2 Å². The first-order chi connectivity index (χ1) is 13.8. The van der Waals surface area contributed by atoms with E-state index in [0.29, 0.717) is 28.3 Å². The van der Waals surface area contributed by atoms with Gasteiger partial charge in [-0.1, -0.05) is 53.1 Å². The molecule has 1 aromatic carbocycles. The molecule has 2 aromatic heterocycles. The lowest BCUT2D eigenvalue weighted by molar-refractivity contribution is -0.115. The molecule has 1 amide bonds. The highest BCUT2D eigenvalue weighted by molar-refractivity contribution is 9.10. The van der Waals surface area contributed by atoms with Gasteiger partial charge in [0.2, 0.25) is 5.91 Å². The van der Waals surface area contributed by atoms with E-state index in [2.05, 4.69) is 31.2 Å². The summed E-state index contributed by atoms with van der Waals surface area (Å²) in [7, 11) is 0. The van der Waals surface area contributed by atoms with Gasteiger partial charge in [0.1, 0.15) is 0 Å². The Hall–Kier alpha value is -1.90. The largest absolute Gasteiger partial charge is 0.322 e. The van der Waals surface area contributed by atoms with Crippen LogP contribution in [0.4, 0.5) is 5.69 Å². The van der Waals surface area contributed by atoms with Gasteiger partial charge in [0.25, 0.3) is 5.56 Å². The molecule has 0 saturated carbocycles. The third-order valence-corrected chi connectivity index (χ3v) is 5.98. The van der Waals surface area contributed by atoms with Gasteiger partial charge < -0.3 is 5.32 Å². The van der Waals surface area contributed by atoms with E-state index in [9.17, 15) is 9.59 Å². The predicted molar refractivity (Wildman–Crippen MR) is 122 cm³/mol. The minimum atomic E-state index is -0.496. The summed E-state index contributed by atoms with van der Waals surface area (Å²) < 4.78 is 2.46. The quantitative estimate of drug-likeness (QED) is 0.296. The second-order valence-electron chi connectivity index (χ2n) is 6.96. The van der Waals surface area contributed by atoms with Crippen LogP contribution in [0.2, 0.25) is 5.15 Å². The molecule has 3 aromatic rings. The van der Waals surface area contributed by atoms with E-state index in [-0.39, 0.29) is 22.5 Å². The minimum absolute atomic E-state index is 0.115. The van der Waals surface area contributed by atoms with Crippen LogP contribution in [0.3, 0.4) is 0 Å². The number of rotatable bonds is 6. The Labute approximate surface area is 186 Å². The molecule has 1 unspecified atom stereocenters. The van der Waals surface area contributed by atoms with E-state index < -0.39 is 5.25 Å². The maximum atomic E-state index is 13.1. The number of carbonyl (C=O) groups is 1. The van der Waals surface area contributed by atoms with Gasteiger partial charge in [-0.2, -0.15) is 0 Å². The highest BCUT2D eigenvalue weighted by atomic mass is 79.9. The summed E-state index contributed by atoms with van der Waals surface area (Å²) in [6, 6.07) is 8.80. The van der Waals surface area contributed by atoms with Gasteiger partial charge in [-0.25, -0.2) is 9.97 Å². The zero-order valence-corrected chi connectivity index (χ0v) is 19.3. The third kappa shape index (κ3) is 5.18. The number of halogens is 2. The summed E-state index contributed by atoms with van der Waals surface area (Å²) in [5, 5.41) is 3.56. The van der Waals surface area contributed by atoms with Crippen LogP contribution in [0, 0.1) is 5.92 Å². The first-order valence-corrected chi connectivity index (χ1v) is 11.1. The molecule has 0 aliphatic carbocycles. The van der Waals surface area contributed by atoms with Crippen molar-refractivity contribution in [2.24, 2.45) is 5.92 Å². The molecule has 3 rings (SSSR count). The van der Waals surface area contributed by atoms with Crippen molar-refractivity contribution in [2.75, 3.05) is 5.32 Å². The van der Waals surface area contributed by atoms with Crippen LogP contribution in [0.15, 0.2) is 51.0 Å². The van der Waals surface area contributed by atoms with Gasteiger partial charge >= 0.3 is 0 Å². The molecule has 0 spiro atoms. The summed E-state index contributed by atoms with van der Waals surface area (Å²) in [4.78, 5) is 34.4. The molecule has 6 nitrogen and oxygen atoms in total. The Morgan fingerprint density at radius 2 is 2.07 bits per heavy atom. The van der Waals surface area contributed by atoms with E-state index in [1.54, 1.807) is 42.0 Å². The van der Waals surface area contributed by atoms with Gasteiger partial charge in [0.15, 0.2) is 10.3 Å². The Balaban J connectivity index is 1.93. The minimum Gasteiger partial charge on any atom is -0.322 e. The molecule has 152 valence electrons. The number of pyridine rings is 1. The zero-order chi connectivity index (χ0) is 21.1. The Morgan fingerprint density at radius 1 is 1.31 bits per heavy atom. The van der Waals surface area contributed by atoms with Crippen molar-refractivity contribution < 1.29 is 4.79 Å². The lowest BCUT2D eigenvalue weighted by atomic mass is 10.2. The summed E-state index contributed by atoms with van der Waals surface area (Å²) in [5.74, 6) is 0.00272. The maximum absolute atomic E-state index is 13.1. The van der Waals surface area contributed by atoms with Crippen LogP contribution in [0.1, 0.15) is 20.8 Å². The number of amides is 1. The molecular weight excluding hydrogens is 476 g/mol. The SMILES string of the molecule is CC(C)Cn1c(SC(C)C(=O)Nc2cccnc2Cl)nc2ccc(Br)cc2c1=O. The number of nitrogens with one attached hydrogen (secondary N) is 1. The lowest BCUT2D eigenvalue weighted by Gasteiger charge is -2.18. The molecule has 0 saturated heterocycles. The Bertz CT molecular complexity index is 1120. The molecule has 29 heavy (non-hydrogen) atoms. The number of fused-ring (bicyclic) bond motifs is 1. The van der Waals surface area contributed by atoms with Crippen LogP contribution >= 0.6 is 39.3 Å². The van der Waals surface area contributed by atoms with Crippen LogP contribution in [0.25, 0.3) is 10.9 Å². The standard InChI is InChI=1S/C20H20BrClN4O2S/c1-11(2)10-26-19(28)14-9-13(21)6-7-15(14)25-20(26)29-12(3)18(27)24-16-5-4-8-23-17(16)22/h4-9,11-12H,10H2,1-3H3,(H,24,27). The molecule has 9 heteroatoms. The normalized spacial score (nSPS) is 12.3. The molecule has 0 radical (unpaired) electrons. The van der Waals surface area contributed by atoms with E-state index in [4.69, 9.17) is 11.6 Å². The van der Waals surface area contributed by atoms with Crippen LogP contribution in [-0.2, 0) is 11.3 Å². The molecule has 0 aliphatic rings. The summed E-state index contributed by atoms with van der Waals surface area (Å²) >= 11 is 10.7. The molecule has 2 heterocycles. The average Bonchev–Trinajstić information content (AvgIpc) is 2.67. The van der Waals surface area contributed by atoms with Gasteiger partial charge in [-0.05, 0) is 43.2 Å². The van der Waals surface area contributed by atoms with Crippen molar-refractivity contribution in [1.82, 2.24) is 14.5 Å². The first kappa shape index (κ1) is 21.8. The number of carbonyl (C=O) groups excluding carboxylic acids is 1. The monoisotopic (exact) mass is 494 g/mol. The van der Waals surface area contributed by atoms with Crippen LogP contribution in [-0.4, -0.2) is 25.7 Å². The van der Waals surface area contributed by atoms with Gasteiger partial charge in [0, 0.05) is 17.2 Å². The molecular formula is C20H20BrClN4O2S. The predicted octanol–water partition coefficient (Wildman–Crippen LogP) is 4.98.